The van der Waals surface area contributed by atoms with Gasteiger partial charge in [0, 0.05) is 30.9 Å². The SMILES string of the molecule is CN=C(NCc1nccn1Cc1ccccc1)NC(C)c1cccs1.I. The molecular formula is C19H24IN5S. The summed E-state index contributed by atoms with van der Waals surface area (Å²) in [6.07, 6.45) is 3.85. The third-order valence-electron chi connectivity index (χ3n) is 3.96. The van der Waals surface area contributed by atoms with Gasteiger partial charge in [0.05, 0.1) is 12.6 Å². The molecule has 0 saturated heterocycles. The van der Waals surface area contributed by atoms with E-state index in [4.69, 9.17) is 0 Å². The predicted molar refractivity (Wildman–Crippen MR) is 119 cm³/mol. The first-order chi connectivity index (χ1) is 12.3. The molecule has 0 spiro atoms. The van der Waals surface area contributed by atoms with Gasteiger partial charge in [-0.15, -0.1) is 35.3 Å². The van der Waals surface area contributed by atoms with E-state index in [1.54, 1.807) is 18.4 Å². The number of nitrogens with one attached hydrogen (secondary N) is 2. The average Bonchev–Trinajstić information content (AvgIpc) is 3.31. The van der Waals surface area contributed by atoms with Crippen LogP contribution in [0, 0.1) is 0 Å². The number of hydrogen-bond acceptors (Lipinski definition) is 3. The molecule has 2 N–H and O–H groups in total. The second-order valence-corrected chi connectivity index (χ2v) is 6.74. The molecule has 5 nitrogen and oxygen atoms in total. The van der Waals surface area contributed by atoms with Crippen molar-refractivity contribution in [3.05, 3.63) is 76.5 Å². The summed E-state index contributed by atoms with van der Waals surface area (Å²) >= 11 is 1.74. The molecule has 2 heterocycles. The second-order valence-electron chi connectivity index (χ2n) is 5.76. The molecule has 0 aliphatic rings. The molecular weight excluding hydrogens is 457 g/mol. The predicted octanol–water partition coefficient (Wildman–Crippen LogP) is 4.04. The summed E-state index contributed by atoms with van der Waals surface area (Å²) in [5, 5.41) is 8.85. The van der Waals surface area contributed by atoms with Crippen molar-refractivity contribution in [2.24, 2.45) is 4.99 Å². The van der Waals surface area contributed by atoms with Crippen LogP contribution in [-0.2, 0) is 13.1 Å². The maximum atomic E-state index is 4.47. The zero-order valence-corrected chi connectivity index (χ0v) is 18.1. The molecule has 138 valence electrons. The van der Waals surface area contributed by atoms with Gasteiger partial charge in [0.2, 0.25) is 0 Å². The fourth-order valence-corrected chi connectivity index (χ4v) is 3.34. The number of rotatable bonds is 6. The van der Waals surface area contributed by atoms with Crippen LogP contribution in [0.15, 0.2) is 65.2 Å². The molecule has 0 amide bonds. The van der Waals surface area contributed by atoms with Crippen LogP contribution in [0.3, 0.4) is 0 Å². The molecule has 1 atom stereocenters. The van der Waals surface area contributed by atoms with Gasteiger partial charge < -0.3 is 15.2 Å². The highest BCUT2D eigenvalue weighted by Crippen LogP contribution is 2.17. The van der Waals surface area contributed by atoms with E-state index >= 15 is 0 Å². The molecule has 0 aliphatic heterocycles. The molecule has 1 aromatic carbocycles. The average molecular weight is 481 g/mol. The fourth-order valence-electron chi connectivity index (χ4n) is 2.60. The zero-order valence-electron chi connectivity index (χ0n) is 14.9. The van der Waals surface area contributed by atoms with Crippen LogP contribution in [-0.4, -0.2) is 22.6 Å². The molecule has 3 aromatic rings. The van der Waals surface area contributed by atoms with Crippen molar-refractivity contribution in [1.29, 1.82) is 0 Å². The molecule has 0 radical (unpaired) electrons. The molecule has 0 fully saturated rings. The first-order valence-electron chi connectivity index (χ1n) is 8.31. The van der Waals surface area contributed by atoms with Gasteiger partial charge in [-0.2, -0.15) is 0 Å². The maximum absolute atomic E-state index is 4.47. The molecule has 2 aromatic heterocycles. The minimum atomic E-state index is 0. The number of thiophene rings is 1. The zero-order chi connectivity index (χ0) is 17.5. The van der Waals surface area contributed by atoms with Gasteiger partial charge >= 0.3 is 0 Å². The normalized spacial score (nSPS) is 12.3. The van der Waals surface area contributed by atoms with Crippen LogP contribution in [0.2, 0.25) is 0 Å². The first-order valence-corrected chi connectivity index (χ1v) is 9.18. The highest BCUT2D eigenvalue weighted by atomic mass is 127. The minimum Gasteiger partial charge on any atom is -0.349 e. The van der Waals surface area contributed by atoms with E-state index in [2.05, 4.69) is 73.9 Å². The minimum absolute atomic E-state index is 0. The number of aliphatic imine (C=N–C) groups is 1. The molecule has 3 rings (SSSR count). The Morgan fingerprint density at radius 1 is 1.23 bits per heavy atom. The monoisotopic (exact) mass is 481 g/mol. The van der Waals surface area contributed by atoms with Crippen molar-refractivity contribution in [3.63, 3.8) is 0 Å². The maximum Gasteiger partial charge on any atom is 0.191 e. The van der Waals surface area contributed by atoms with Crippen molar-refractivity contribution in [2.75, 3.05) is 7.05 Å². The second kappa shape index (κ2) is 10.3. The van der Waals surface area contributed by atoms with Gasteiger partial charge in [0.1, 0.15) is 5.82 Å². The third kappa shape index (κ3) is 5.57. The highest BCUT2D eigenvalue weighted by molar-refractivity contribution is 14.0. The Morgan fingerprint density at radius 2 is 2.04 bits per heavy atom. The Kier molecular flexibility index (Phi) is 8.11. The largest absolute Gasteiger partial charge is 0.349 e. The third-order valence-corrected chi connectivity index (χ3v) is 5.01. The molecule has 0 aliphatic carbocycles. The Hall–Kier alpha value is -1.87. The first kappa shape index (κ1) is 20.4. The van der Waals surface area contributed by atoms with Crippen molar-refractivity contribution in [1.82, 2.24) is 20.2 Å². The summed E-state index contributed by atoms with van der Waals surface area (Å²) in [7, 11) is 1.78. The van der Waals surface area contributed by atoms with Crippen LogP contribution in [0.5, 0.6) is 0 Å². The highest BCUT2D eigenvalue weighted by Gasteiger charge is 2.10. The van der Waals surface area contributed by atoms with Crippen LogP contribution < -0.4 is 10.6 Å². The van der Waals surface area contributed by atoms with E-state index in [0.29, 0.717) is 6.54 Å². The molecule has 0 saturated carbocycles. The van der Waals surface area contributed by atoms with Crippen LogP contribution in [0.1, 0.15) is 29.2 Å². The van der Waals surface area contributed by atoms with E-state index in [9.17, 15) is 0 Å². The van der Waals surface area contributed by atoms with Gasteiger partial charge in [-0.1, -0.05) is 36.4 Å². The van der Waals surface area contributed by atoms with Gasteiger partial charge in [0.25, 0.3) is 0 Å². The number of hydrogen-bond donors (Lipinski definition) is 2. The van der Waals surface area contributed by atoms with E-state index < -0.39 is 0 Å². The lowest BCUT2D eigenvalue weighted by molar-refractivity contribution is 0.663. The number of halogens is 1. The Morgan fingerprint density at radius 3 is 2.73 bits per heavy atom. The lowest BCUT2D eigenvalue weighted by atomic mass is 10.2. The summed E-state index contributed by atoms with van der Waals surface area (Å²) < 4.78 is 2.15. The van der Waals surface area contributed by atoms with Crippen molar-refractivity contribution < 1.29 is 0 Å². The Balaban J connectivity index is 0.00000243. The van der Waals surface area contributed by atoms with Gasteiger partial charge in [-0.25, -0.2) is 4.98 Å². The van der Waals surface area contributed by atoms with Crippen molar-refractivity contribution >= 4 is 41.3 Å². The number of aromatic nitrogens is 2. The van der Waals surface area contributed by atoms with Crippen LogP contribution >= 0.6 is 35.3 Å². The smallest absolute Gasteiger partial charge is 0.191 e. The number of nitrogens with zero attached hydrogens (tertiary/aromatic N) is 3. The van der Waals surface area contributed by atoms with Crippen LogP contribution in [0.25, 0.3) is 0 Å². The standard InChI is InChI=1S/C19H23N5S.HI/c1-15(17-9-6-12-25-17)23-19(20-2)22-13-18-21-10-11-24(18)14-16-7-4-3-5-8-16;/h3-12,15H,13-14H2,1-2H3,(H2,20,22,23);1H. The van der Waals surface area contributed by atoms with Gasteiger partial charge in [0.15, 0.2) is 5.96 Å². The Bertz CT molecular complexity index is 798. The quantitative estimate of drug-likeness (QED) is 0.318. The lowest BCUT2D eigenvalue weighted by Gasteiger charge is -2.17. The summed E-state index contributed by atoms with van der Waals surface area (Å²) in [5.41, 5.74) is 1.26. The van der Waals surface area contributed by atoms with Crippen molar-refractivity contribution in [2.45, 2.75) is 26.1 Å². The summed E-state index contributed by atoms with van der Waals surface area (Å²) in [5.74, 6) is 1.76. The Labute approximate surface area is 175 Å². The molecule has 26 heavy (non-hydrogen) atoms. The van der Waals surface area contributed by atoms with Gasteiger partial charge in [-0.3, -0.25) is 4.99 Å². The number of guanidine groups is 1. The number of imidazole rings is 1. The van der Waals surface area contributed by atoms with Crippen LogP contribution in [0.4, 0.5) is 0 Å². The number of benzene rings is 1. The fraction of sp³-hybridized carbons (Fsp3) is 0.263. The van der Waals surface area contributed by atoms with Gasteiger partial charge in [-0.05, 0) is 23.9 Å². The van der Waals surface area contributed by atoms with E-state index in [1.807, 2.05) is 18.5 Å². The van der Waals surface area contributed by atoms with Crippen molar-refractivity contribution in [3.8, 4) is 0 Å². The summed E-state index contributed by atoms with van der Waals surface area (Å²) in [6, 6.07) is 14.8. The topological polar surface area (TPSA) is 54.2 Å². The van der Waals surface area contributed by atoms with E-state index in [0.717, 1.165) is 18.3 Å². The molecule has 1 unspecified atom stereocenters. The lowest BCUT2D eigenvalue weighted by Crippen LogP contribution is -2.38. The molecule has 0 bridgehead atoms. The van der Waals surface area contributed by atoms with E-state index in [-0.39, 0.29) is 30.0 Å². The van der Waals surface area contributed by atoms with E-state index in [1.165, 1.54) is 10.4 Å². The molecule has 7 heteroatoms. The summed E-state index contributed by atoms with van der Waals surface area (Å²) in [4.78, 5) is 10.1. The summed E-state index contributed by atoms with van der Waals surface area (Å²) in [6.45, 7) is 3.57.